The van der Waals surface area contributed by atoms with Gasteiger partial charge in [0.1, 0.15) is 0 Å². The Morgan fingerprint density at radius 1 is 0.165 bits per heavy atom. The van der Waals surface area contributed by atoms with Crippen molar-refractivity contribution in [3.8, 4) is 0 Å². The summed E-state index contributed by atoms with van der Waals surface area (Å²) in [7, 11) is 0. The summed E-state index contributed by atoms with van der Waals surface area (Å²) >= 11 is 0. The minimum atomic E-state index is 0. The van der Waals surface area contributed by atoms with E-state index in [0.717, 1.165) is 16.7 Å². The second-order valence-corrected chi connectivity index (χ2v) is 18.5. The zero-order valence-corrected chi connectivity index (χ0v) is 54.5. The molecule has 0 atom stereocenters. The first-order valence-corrected chi connectivity index (χ1v) is 26.6. The summed E-state index contributed by atoms with van der Waals surface area (Å²) in [5, 5.41) is 21.2. The molecule has 0 radical (unpaired) electrons. The second-order valence-electron chi connectivity index (χ2n) is 18.5. The summed E-state index contributed by atoms with van der Waals surface area (Å²) in [6.45, 7) is 15.6. The van der Waals surface area contributed by atoms with Gasteiger partial charge in [0.25, 0.3) is 0 Å². The van der Waals surface area contributed by atoms with Crippen molar-refractivity contribution in [1.29, 1.82) is 0 Å². The summed E-state index contributed by atoms with van der Waals surface area (Å²) in [4.78, 5) is 0. The summed E-state index contributed by atoms with van der Waals surface area (Å²) in [5.74, 6) is 0. The van der Waals surface area contributed by atoms with Crippen LogP contribution in [-0.4, -0.2) is 0 Å². The van der Waals surface area contributed by atoms with Crippen LogP contribution in [0.15, 0.2) is 315 Å². The van der Waals surface area contributed by atoms with Crippen molar-refractivity contribution in [1.82, 2.24) is 0 Å². The van der Waals surface area contributed by atoms with E-state index >= 15 is 0 Å². The van der Waals surface area contributed by atoms with E-state index in [-0.39, 0.29) is 167 Å². The van der Waals surface area contributed by atoms with E-state index in [0.29, 0.717) is 0 Å². The van der Waals surface area contributed by atoms with Crippen LogP contribution in [0.25, 0.3) is 104 Å². The molecule has 508 valence electrons. The zero-order chi connectivity index (χ0) is 55.0. The molecular weight excluding hydrogens is 1680 g/mol. The summed E-state index contributed by atoms with van der Waals surface area (Å²) in [6, 6.07) is 117. The first-order valence-electron chi connectivity index (χ1n) is 26.6. The molecule has 0 aliphatic rings. The molecule has 0 bridgehead atoms. The van der Waals surface area contributed by atoms with Gasteiger partial charge in [-0.1, -0.05) is 347 Å². The molecule has 0 nitrogen and oxygen atoms in total. The van der Waals surface area contributed by atoms with Crippen molar-refractivity contribution in [2.24, 2.45) is 0 Å². The standard InChI is InChI=1S/4C14H10.3C8H6.14CH4.3W/c4*1-3-7-13-11(5-1)9-10-12-6-2-4-8-14(12)13;3*1-2-8-6-4-3-5-7-8;;;;;;;;;;;;;;;;;/h4*1-10H;3*1-6H;14*1H4;;;/q;;;;3*-2;;;;;;;;;;;;;;;3*+2. The molecular formula is C94H114W3. The zero-order valence-electron chi connectivity index (χ0n) is 45.7. The van der Waals surface area contributed by atoms with Crippen molar-refractivity contribution < 1.29 is 63.2 Å². The fourth-order valence-corrected chi connectivity index (χ4v) is 9.35. The van der Waals surface area contributed by atoms with Crippen LogP contribution in [0.1, 0.15) is 121 Å². The van der Waals surface area contributed by atoms with Crippen LogP contribution in [0, 0.1) is 37.9 Å². The Morgan fingerprint density at radius 2 is 0.289 bits per heavy atom. The Labute approximate surface area is 636 Å². The largest absolute Gasteiger partial charge is 2.00 e. The Balaban J connectivity index is -0.000000131. The minimum Gasteiger partial charge on any atom is -0.344 e. The van der Waals surface area contributed by atoms with Crippen LogP contribution >= 0.6 is 0 Å². The van der Waals surface area contributed by atoms with Crippen molar-refractivity contribution >= 4 is 104 Å². The molecule has 15 aromatic rings. The topological polar surface area (TPSA) is 0 Å². The average molecular weight is 1800 g/mol. The van der Waals surface area contributed by atoms with Gasteiger partial charge in [0.05, 0.1) is 0 Å². The second kappa shape index (κ2) is 57.9. The van der Waals surface area contributed by atoms with Crippen LogP contribution in [0.4, 0.5) is 0 Å². The Hall–Kier alpha value is -8.34. The van der Waals surface area contributed by atoms with Crippen molar-refractivity contribution in [3.63, 3.8) is 0 Å². The molecule has 0 heterocycles. The summed E-state index contributed by atoms with van der Waals surface area (Å²) in [5.41, 5.74) is 2.81. The molecule has 0 aliphatic heterocycles. The Morgan fingerprint density at radius 3 is 0.392 bits per heavy atom. The molecule has 0 aromatic heterocycles. The van der Waals surface area contributed by atoms with E-state index in [1.807, 2.05) is 72.8 Å². The van der Waals surface area contributed by atoms with Gasteiger partial charge in [0.2, 0.25) is 0 Å². The molecule has 0 saturated heterocycles. The third-order valence-electron chi connectivity index (χ3n) is 13.4. The molecule has 97 heavy (non-hydrogen) atoms. The van der Waals surface area contributed by atoms with E-state index < -0.39 is 0 Å². The van der Waals surface area contributed by atoms with Crippen molar-refractivity contribution in [3.05, 3.63) is 370 Å². The number of hydrogen-bond acceptors (Lipinski definition) is 0. The van der Waals surface area contributed by atoms with Crippen molar-refractivity contribution in [2.45, 2.75) is 104 Å². The fraction of sp³-hybridized carbons (Fsp3) is 0.149. The molecule has 15 aromatic carbocycles. The van der Waals surface area contributed by atoms with Gasteiger partial charge in [0, 0.05) is 0 Å². The molecule has 0 spiro atoms. The normalized spacial score (nSPS) is 8.37. The number of hydrogen-bond donors (Lipinski definition) is 0. The third-order valence-corrected chi connectivity index (χ3v) is 13.4. The maximum Gasteiger partial charge on any atom is 2.00 e. The molecule has 0 fully saturated rings. The van der Waals surface area contributed by atoms with Gasteiger partial charge in [-0.3, -0.25) is 0 Å². The Kier molecular flexibility index (Phi) is 64.1. The van der Waals surface area contributed by atoms with E-state index in [9.17, 15) is 0 Å². The maximum absolute atomic E-state index is 5.19. The van der Waals surface area contributed by atoms with Crippen LogP contribution in [0.2, 0.25) is 0 Å². The summed E-state index contributed by atoms with van der Waals surface area (Å²) < 4.78 is 0. The van der Waals surface area contributed by atoms with E-state index in [1.54, 1.807) is 0 Å². The van der Waals surface area contributed by atoms with Gasteiger partial charge >= 0.3 is 63.2 Å². The molecule has 0 aliphatic carbocycles. The molecule has 15 rings (SSSR count). The first-order chi connectivity index (χ1) is 39.6. The SMILES string of the molecule is C.C.C.C.C.C.C.C.C.C.C.C.C.C.[CH-]=Cc1[c-]cccc1.[CH-]=Cc1[c-]cccc1.[CH-]=Cc1[c-]cccc1.[W+2].[W+2].[W+2].c1ccc2c(c1)ccc1ccccc12.c1ccc2c(c1)ccc1ccccc12.c1ccc2c(c1)ccc1ccccc12.c1ccc2c(c1)ccc1ccccc12. The van der Waals surface area contributed by atoms with Crippen LogP contribution in [-0.2, 0) is 63.2 Å². The third kappa shape index (κ3) is 30.3. The monoisotopic (exact) mass is 1790 g/mol. The summed E-state index contributed by atoms with van der Waals surface area (Å²) in [6.07, 6.45) is 4.58. The first kappa shape index (κ1) is 107. The number of benzene rings is 15. The predicted octanol–water partition coefficient (Wildman–Crippen LogP) is 30.7. The molecule has 3 heteroatoms. The van der Waals surface area contributed by atoms with E-state index in [1.165, 1.54) is 104 Å². The van der Waals surface area contributed by atoms with E-state index in [4.69, 9.17) is 19.7 Å². The minimum absolute atomic E-state index is 0. The fourth-order valence-electron chi connectivity index (χ4n) is 9.35. The average Bonchev–Trinajstić information content (AvgIpc) is 0.829. The van der Waals surface area contributed by atoms with Crippen LogP contribution in [0.3, 0.4) is 0 Å². The number of rotatable bonds is 3. The quantitative estimate of drug-likeness (QED) is 0.122. The van der Waals surface area contributed by atoms with Gasteiger partial charge < -0.3 is 54.7 Å². The molecule has 0 N–H and O–H groups in total. The van der Waals surface area contributed by atoms with Gasteiger partial charge in [-0.05, 0) is 86.2 Å². The van der Waals surface area contributed by atoms with Crippen LogP contribution < -0.4 is 0 Å². The Bertz CT molecular complexity index is 3650. The van der Waals surface area contributed by atoms with Crippen molar-refractivity contribution in [2.75, 3.05) is 0 Å². The van der Waals surface area contributed by atoms with Gasteiger partial charge in [0.15, 0.2) is 0 Å². The molecule has 0 amide bonds. The molecule has 0 saturated carbocycles. The molecule has 0 unspecified atom stereocenters. The number of fused-ring (bicyclic) bond motifs is 12. The smallest absolute Gasteiger partial charge is 0.344 e. The van der Waals surface area contributed by atoms with Gasteiger partial charge in [-0.15, -0.1) is 18.2 Å². The van der Waals surface area contributed by atoms with Gasteiger partial charge in [-0.2, -0.15) is 36.4 Å². The van der Waals surface area contributed by atoms with E-state index in [2.05, 4.69) is 261 Å². The van der Waals surface area contributed by atoms with Gasteiger partial charge in [-0.25, -0.2) is 36.4 Å². The van der Waals surface area contributed by atoms with Crippen LogP contribution in [0.5, 0.6) is 0 Å². The predicted molar refractivity (Wildman–Crippen MR) is 442 cm³/mol. The maximum atomic E-state index is 5.19.